The van der Waals surface area contributed by atoms with Crippen LogP contribution in [0.3, 0.4) is 0 Å². The van der Waals surface area contributed by atoms with Crippen molar-refractivity contribution >= 4 is 0 Å². The number of unbranched alkanes of at least 4 members (excludes halogenated alkanes) is 1. The first-order chi connectivity index (χ1) is 6.70. The van der Waals surface area contributed by atoms with Crippen LogP contribution in [0.5, 0.6) is 0 Å². The molecule has 0 aliphatic heterocycles. The van der Waals surface area contributed by atoms with Crippen LogP contribution in [0.2, 0.25) is 0 Å². The second kappa shape index (κ2) is 6.38. The molecule has 3 heteroatoms. The molecular weight excluding hydrogens is 176 g/mol. The van der Waals surface area contributed by atoms with Crippen molar-refractivity contribution in [2.75, 3.05) is 27.2 Å². The van der Waals surface area contributed by atoms with Crippen LogP contribution in [0.1, 0.15) is 32.1 Å². The molecule has 1 aliphatic rings. The van der Waals surface area contributed by atoms with Gasteiger partial charge in [-0.2, -0.15) is 0 Å². The van der Waals surface area contributed by atoms with E-state index in [1.54, 1.807) is 0 Å². The van der Waals surface area contributed by atoms with Gasteiger partial charge in [0, 0.05) is 6.04 Å². The average Bonchev–Trinajstić information content (AvgIpc) is 2.51. The molecule has 1 rings (SSSR count). The van der Waals surface area contributed by atoms with E-state index in [1.165, 1.54) is 19.3 Å². The molecule has 0 unspecified atom stereocenters. The first-order valence-corrected chi connectivity index (χ1v) is 5.76. The Bertz CT molecular complexity index is 150. The Balaban J connectivity index is 1.93. The van der Waals surface area contributed by atoms with Gasteiger partial charge in [0.15, 0.2) is 0 Å². The Morgan fingerprint density at radius 2 is 2.07 bits per heavy atom. The van der Waals surface area contributed by atoms with Gasteiger partial charge in [0.2, 0.25) is 0 Å². The fourth-order valence-electron chi connectivity index (χ4n) is 2.02. The van der Waals surface area contributed by atoms with Gasteiger partial charge in [0.25, 0.3) is 0 Å². The highest BCUT2D eigenvalue weighted by molar-refractivity contribution is 4.82. The van der Waals surface area contributed by atoms with Crippen molar-refractivity contribution in [1.29, 1.82) is 0 Å². The van der Waals surface area contributed by atoms with Gasteiger partial charge >= 0.3 is 0 Å². The Morgan fingerprint density at radius 1 is 1.29 bits per heavy atom. The standard InChI is InChI=1S/C11H24N2O/c1-13(2)9-4-3-8-12-10-6-5-7-11(10)14/h10-12,14H,3-9H2,1-2H3/t10-,11-/m1/s1. The summed E-state index contributed by atoms with van der Waals surface area (Å²) in [7, 11) is 4.21. The third-order valence-corrected chi connectivity index (χ3v) is 2.92. The van der Waals surface area contributed by atoms with Crippen LogP contribution in [0.4, 0.5) is 0 Å². The van der Waals surface area contributed by atoms with Crippen LogP contribution >= 0.6 is 0 Å². The Kier molecular flexibility index (Phi) is 5.45. The maximum absolute atomic E-state index is 9.56. The number of aliphatic hydroxyl groups excluding tert-OH is 1. The van der Waals surface area contributed by atoms with Crippen molar-refractivity contribution in [2.45, 2.75) is 44.2 Å². The Labute approximate surface area is 87.5 Å². The molecule has 2 atom stereocenters. The number of aliphatic hydroxyl groups is 1. The summed E-state index contributed by atoms with van der Waals surface area (Å²) >= 11 is 0. The number of rotatable bonds is 6. The van der Waals surface area contributed by atoms with Crippen molar-refractivity contribution in [1.82, 2.24) is 10.2 Å². The van der Waals surface area contributed by atoms with E-state index in [1.807, 2.05) is 0 Å². The summed E-state index contributed by atoms with van der Waals surface area (Å²) in [4.78, 5) is 2.21. The number of hydrogen-bond acceptors (Lipinski definition) is 3. The molecule has 1 aliphatic carbocycles. The van der Waals surface area contributed by atoms with E-state index < -0.39 is 0 Å². The second-order valence-electron chi connectivity index (χ2n) is 4.57. The largest absolute Gasteiger partial charge is 0.392 e. The number of nitrogens with one attached hydrogen (secondary N) is 1. The SMILES string of the molecule is CN(C)CCCCN[C@@H]1CCC[C@H]1O. The molecule has 1 fully saturated rings. The lowest BCUT2D eigenvalue weighted by Gasteiger charge is -2.16. The lowest BCUT2D eigenvalue weighted by Crippen LogP contribution is -2.36. The predicted molar refractivity (Wildman–Crippen MR) is 59.4 cm³/mol. The third kappa shape index (κ3) is 4.40. The van der Waals surface area contributed by atoms with Gasteiger partial charge in [-0.3, -0.25) is 0 Å². The number of hydrogen-bond donors (Lipinski definition) is 2. The highest BCUT2D eigenvalue weighted by atomic mass is 16.3. The van der Waals surface area contributed by atoms with Gasteiger partial charge in [0.05, 0.1) is 6.10 Å². The van der Waals surface area contributed by atoms with E-state index in [9.17, 15) is 5.11 Å². The van der Waals surface area contributed by atoms with Crippen LogP contribution in [0, 0.1) is 0 Å². The van der Waals surface area contributed by atoms with Crippen LogP contribution in [-0.4, -0.2) is 49.3 Å². The van der Waals surface area contributed by atoms with Gasteiger partial charge in [0.1, 0.15) is 0 Å². The van der Waals surface area contributed by atoms with E-state index in [4.69, 9.17) is 0 Å². The molecule has 3 nitrogen and oxygen atoms in total. The topological polar surface area (TPSA) is 35.5 Å². The molecule has 1 saturated carbocycles. The van der Waals surface area contributed by atoms with Crippen molar-refractivity contribution in [3.63, 3.8) is 0 Å². The molecule has 14 heavy (non-hydrogen) atoms. The summed E-state index contributed by atoms with van der Waals surface area (Å²) in [6.45, 7) is 2.21. The fraction of sp³-hybridized carbons (Fsp3) is 1.00. The third-order valence-electron chi connectivity index (χ3n) is 2.92. The summed E-state index contributed by atoms with van der Waals surface area (Å²) in [6, 6.07) is 0.370. The van der Waals surface area contributed by atoms with Gasteiger partial charge in [-0.15, -0.1) is 0 Å². The summed E-state index contributed by atoms with van der Waals surface area (Å²) in [6.07, 6.45) is 5.66. The van der Waals surface area contributed by atoms with Gasteiger partial charge in [-0.05, 0) is 59.3 Å². The zero-order valence-corrected chi connectivity index (χ0v) is 9.50. The highest BCUT2D eigenvalue weighted by Gasteiger charge is 2.23. The van der Waals surface area contributed by atoms with Crippen molar-refractivity contribution in [2.24, 2.45) is 0 Å². The van der Waals surface area contributed by atoms with Crippen molar-refractivity contribution in [3.8, 4) is 0 Å². The average molecular weight is 200 g/mol. The minimum absolute atomic E-state index is 0.0937. The maximum atomic E-state index is 9.56. The Hall–Kier alpha value is -0.120. The highest BCUT2D eigenvalue weighted by Crippen LogP contribution is 2.18. The number of nitrogens with zero attached hydrogens (tertiary/aromatic N) is 1. The van der Waals surface area contributed by atoms with Crippen LogP contribution < -0.4 is 5.32 Å². The summed E-state index contributed by atoms with van der Waals surface area (Å²) < 4.78 is 0. The Morgan fingerprint density at radius 3 is 2.64 bits per heavy atom. The zero-order valence-electron chi connectivity index (χ0n) is 9.50. The molecular formula is C11H24N2O. The molecule has 0 saturated heterocycles. The first-order valence-electron chi connectivity index (χ1n) is 5.76. The van der Waals surface area contributed by atoms with Gasteiger partial charge in [-0.1, -0.05) is 0 Å². The molecule has 0 amide bonds. The fourth-order valence-corrected chi connectivity index (χ4v) is 2.02. The lowest BCUT2D eigenvalue weighted by molar-refractivity contribution is 0.149. The molecule has 0 radical (unpaired) electrons. The van der Waals surface area contributed by atoms with E-state index >= 15 is 0 Å². The van der Waals surface area contributed by atoms with Crippen molar-refractivity contribution in [3.05, 3.63) is 0 Å². The van der Waals surface area contributed by atoms with Gasteiger partial charge in [-0.25, -0.2) is 0 Å². The molecule has 0 bridgehead atoms. The summed E-state index contributed by atoms with van der Waals surface area (Å²) in [5, 5.41) is 13.0. The quantitative estimate of drug-likeness (QED) is 0.623. The van der Waals surface area contributed by atoms with Crippen LogP contribution in [0.25, 0.3) is 0 Å². The van der Waals surface area contributed by atoms with E-state index in [2.05, 4.69) is 24.3 Å². The summed E-state index contributed by atoms with van der Waals surface area (Å²) in [5.74, 6) is 0. The monoisotopic (exact) mass is 200 g/mol. The lowest BCUT2D eigenvalue weighted by atomic mass is 10.2. The zero-order chi connectivity index (χ0) is 10.4. The minimum Gasteiger partial charge on any atom is -0.392 e. The second-order valence-corrected chi connectivity index (χ2v) is 4.57. The summed E-state index contributed by atoms with van der Waals surface area (Å²) in [5.41, 5.74) is 0. The maximum Gasteiger partial charge on any atom is 0.0693 e. The first kappa shape index (κ1) is 12.0. The molecule has 0 aromatic rings. The molecule has 84 valence electrons. The smallest absolute Gasteiger partial charge is 0.0693 e. The van der Waals surface area contributed by atoms with Crippen LogP contribution in [-0.2, 0) is 0 Å². The van der Waals surface area contributed by atoms with E-state index in [0.29, 0.717) is 6.04 Å². The van der Waals surface area contributed by atoms with E-state index in [-0.39, 0.29) is 6.10 Å². The van der Waals surface area contributed by atoms with Gasteiger partial charge < -0.3 is 15.3 Å². The van der Waals surface area contributed by atoms with Crippen molar-refractivity contribution < 1.29 is 5.11 Å². The molecule has 0 heterocycles. The van der Waals surface area contributed by atoms with E-state index in [0.717, 1.165) is 25.9 Å². The minimum atomic E-state index is -0.0937. The molecule has 0 spiro atoms. The van der Waals surface area contributed by atoms with Crippen LogP contribution in [0.15, 0.2) is 0 Å². The predicted octanol–water partition coefficient (Wildman–Crippen LogP) is 0.831. The molecule has 0 aromatic heterocycles. The molecule has 0 aromatic carbocycles. The molecule has 2 N–H and O–H groups in total. The normalized spacial score (nSPS) is 27.4.